The van der Waals surface area contributed by atoms with Crippen molar-refractivity contribution in [2.75, 3.05) is 13.2 Å². The first-order chi connectivity index (χ1) is 10.2. The van der Waals surface area contributed by atoms with Crippen LogP contribution >= 0.6 is 0 Å². The van der Waals surface area contributed by atoms with Crippen LogP contribution in [0.4, 0.5) is 0 Å². The minimum absolute atomic E-state index is 0.00497. The number of aliphatic carboxylic acids is 1. The van der Waals surface area contributed by atoms with Crippen molar-refractivity contribution in [2.24, 2.45) is 0 Å². The zero-order valence-corrected chi connectivity index (χ0v) is 12.0. The number of piperidine rings is 1. The van der Waals surface area contributed by atoms with Gasteiger partial charge in [-0.15, -0.1) is 0 Å². The van der Waals surface area contributed by atoms with Crippen LogP contribution in [-0.2, 0) is 20.9 Å². The van der Waals surface area contributed by atoms with Gasteiger partial charge in [-0.05, 0) is 24.8 Å². The molecule has 0 radical (unpaired) electrons. The minimum Gasteiger partial charge on any atom is -0.481 e. The number of benzene rings is 1. The van der Waals surface area contributed by atoms with Crippen molar-refractivity contribution in [1.82, 2.24) is 4.90 Å². The van der Waals surface area contributed by atoms with Crippen molar-refractivity contribution < 1.29 is 19.4 Å². The largest absolute Gasteiger partial charge is 0.481 e. The molecule has 1 unspecified atom stereocenters. The van der Waals surface area contributed by atoms with E-state index in [1.165, 1.54) is 0 Å². The molecule has 0 aliphatic carbocycles. The molecule has 0 spiro atoms. The summed E-state index contributed by atoms with van der Waals surface area (Å²) < 4.78 is 5.45. The molecule has 1 atom stereocenters. The second-order valence-corrected chi connectivity index (χ2v) is 5.31. The van der Waals surface area contributed by atoms with Crippen LogP contribution < -0.4 is 0 Å². The van der Waals surface area contributed by atoms with Crippen LogP contribution in [0.15, 0.2) is 30.3 Å². The molecule has 1 saturated heterocycles. The Morgan fingerprint density at radius 2 is 2.00 bits per heavy atom. The summed E-state index contributed by atoms with van der Waals surface area (Å²) in [4.78, 5) is 24.7. The van der Waals surface area contributed by atoms with Crippen molar-refractivity contribution in [1.29, 1.82) is 0 Å². The Kier molecular flexibility index (Phi) is 5.75. The number of rotatable bonds is 6. The third kappa shape index (κ3) is 4.86. The molecule has 1 heterocycles. The summed E-state index contributed by atoms with van der Waals surface area (Å²) in [6.07, 6.45) is 2.69. The maximum atomic E-state index is 12.2. The van der Waals surface area contributed by atoms with Crippen LogP contribution in [0.25, 0.3) is 0 Å². The van der Waals surface area contributed by atoms with Crippen molar-refractivity contribution in [3.8, 4) is 0 Å². The van der Waals surface area contributed by atoms with Gasteiger partial charge in [-0.25, -0.2) is 0 Å². The minimum atomic E-state index is -0.857. The topological polar surface area (TPSA) is 66.8 Å². The van der Waals surface area contributed by atoms with Gasteiger partial charge in [-0.3, -0.25) is 9.59 Å². The van der Waals surface area contributed by atoms with Crippen molar-refractivity contribution in [3.05, 3.63) is 35.9 Å². The number of carboxylic acids is 1. The molecule has 1 amide bonds. The number of amides is 1. The number of ether oxygens (including phenoxy) is 1. The van der Waals surface area contributed by atoms with Gasteiger partial charge in [-0.1, -0.05) is 30.3 Å². The molecule has 2 rings (SSSR count). The Morgan fingerprint density at radius 3 is 2.71 bits per heavy atom. The van der Waals surface area contributed by atoms with E-state index in [-0.39, 0.29) is 25.0 Å². The van der Waals surface area contributed by atoms with E-state index >= 15 is 0 Å². The average molecular weight is 291 g/mol. The Bertz CT molecular complexity index is 474. The third-order valence-electron chi connectivity index (χ3n) is 3.69. The van der Waals surface area contributed by atoms with Crippen LogP contribution in [0.1, 0.15) is 31.2 Å². The molecule has 1 aromatic carbocycles. The van der Waals surface area contributed by atoms with Gasteiger partial charge in [0.15, 0.2) is 0 Å². The summed E-state index contributed by atoms with van der Waals surface area (Å²) in [5.41, 5.74) is 1.02. The molecule has 0 bridgehead atoms. The lowest BCUT2D eigenvalue weighted by Gasteiger charge is -2.34. The molecular formula is C16H21NO4. The van der Waals surface area contributed by atoms with Crippen molar-refractivity contribution in [2.45, 2.75) is 38.3 Å². The number of carbonyl (C=O) groups is 2. The molecular weight excluding hydrogens is 270 g/mol. The number of carbonyl (C=O) groups excluding carboxylic acids is 1. The molecule has 1 aliphatic heterocycles. The van der Waals surface area contributed by atoms with E-state index in [1.54, 1.807) is 4.90 Å². The van der Waals surface area contributed by atoms with Crippen LogP contribution in [0.5, 0.6) is 0 Å². The van der Waals surface area contributed by atoms with E-state index in [0.29, 0.717) is 13.2 Å². The highest BCUT2D eigenvalue weighted by molar-refractivity contribution is 5.79. The molecule has 5 heteroatoms. The van der Waals surface area contributed by atoms with Gasteiger partial charge in [0.25, 0.3) is 0 Å². The maximum Gasteiger partial charge on any atom is 0.305 e. The van der Waals surface area contributed by atoms with Gasteiger partial charge >= 0.3 is 5.97 Å². The first-order valence-electron chi connectivity index (χ1n) is 7.30. The summed E-state index contributed by atoms with van der Waals surface area (Å²) >= 11 is 0. The highest BCUT2D eigenvalue weighted by Crippen LogP contribution is 2.20. The van der Waals surface area contributed by atoms with Gasteiger partial charge in [0.05, 0.1) is 13.0 Å². The second-order valence-electron chi connectivity index (χ2n) is 5.31. The highest BCUT2D eigenvalue weighted by atomic mass is 16.5. The van der Waals surface area contributed by atoms with E-state index < -0.39 is 5.97 Å². The summed E-state index contributed by atoms with van der Waals surface area (Å²) in [6.45, 7) is 1.03. The SMILES string of the molecule is O=C(O)CC1CCCCN1C(=O)COCc1ccccc1. The first-order valence-corrected chi connectivity index (χ1v) is 7.30. The van der Waals surface area contributed by atoms with Gasteiger partial charge in [0, 0.05) is 12.6 Å². The molecule has 21 heavy (non-hydrogen) atoms. The molecule has 1 aliphatic rings. The second kappa shape index (κ2) is 7.78. The normalized spacial score (nSPS) is 18.5. The zero-order chi connectivity index (χ0) is 15.1. The fourth-order valence-electron chi connectivity index (χ4n) is 2.66. The summed E-state index contributed by atoms with van der Waals surface area (Å²) in [7, 11) is 0. The van der Waals surface area contributed by atoms with E-state index in [4.69, 9.17) is 9.84 Å². The Balaban J connectivity index is 1.81. The van der Waals surface area contributed by atoms with Crippen molar-refractivity contribution >= 4 is 11.9 Å². The fraction of sp³-hybridized carbons (Fsp3) is 0.500. The van der Waals surface area contributed by atoms with E-state index in [0.717, 1.165) is 24.8 Å². The lowest BCUT2D eigenvalue weighted by molar-refractivity contribution is -0.144. The molecule has 114 valence electrons. The van der Waals surface area contributed by atoms with E-state index in [9.17, 15) is 9.59 Å². The lowest BCUT2D eigenvalue weighted by atomic mass is 9.99. The molecule has 1 fully saturated rings. The Labute approximate surface area is 124 Å². The molecule has 0 saturated carbocycles. The number of likely N-dealkylation sites (tertiary alicyclic amines) is 1. The van der Waals surface area contributed by atoms with E-state index in [2.05, 4.69) is 0 Å². The van der Waals surface area contributed by atoms with Crippen LogP contribution in [0.2, 0.25) is 0 Å². The van der Waals surface area contributed by atoms with Gasteiger partial charge < -0.3 is 14.7 Å². The lowest BCUT2D eigenvalue weighted by Crippen LogP contribution is -2.46. The van der Waals surface area contributed by atoms with Crippen LogP contribution in [-0.4, -0.2) is 41.1 Å². The molecule has 0 aromatic heterocycles. The number of hydrogen-bond acceptors (Lipinski definition) is 3. The van der Waals surface area contributed by atoms with Crippen LogP contribution in [0, 0.1) is 0 Å². The smallest absolute Gasteiger partial charge is 0.305 e. The standard InChI is InChI=1S/C16H21NO4/c18-15(12-21-11-13-6-2-1-3-7-13)17-9-5-4-8-14(17)10-16(19)20/h1-3,6-7,14H,4-5,8-12H2,(H,19,20). The Morgan fingerprint density at radius 1 is 1.24 bits per heavy atom. The number of hydrogen-bond donors (Lipinski definition) is 1. The molecule has 5 nitrogen and oxygen atoms in total. The summed E-state index contributed by atoms with van der Waals surface area (Å²) in [5.74, 6) is -0.971. The molecule has 1 aromatic rings. The third-order valence-corrected chi connectivity index (χ3v) is 3.69. The highest BCUT2D eigenvalue weighted by Gasteiger charge is 2.28. The fourth-order valence-corrected chi connectivity index (χ4v) is 2.66. The monoisotopic (exact) mass is 291 g/mol. The number of nitrogens with zero attached hydrogens (tertiary/aromatic N) is 1. The quantitative estimate of drug-likeness (QED) is 0.871. The van der Waals surface area contributed by atoms with Gasteiger partial charge in [0.1, 0.15) is 6.61 Å². The summed E-state index contributed by atoms with van der Waals surface area (Å²) in [5, 5.41) is 8.92. The Hall–Kier alpha value is -1.88. The first kappa shape index (κ1) is 15.5. The van der Waals surface area contributed by atoms with E-state index in [1.807, 2.05) is 30.3 Å². The summed E-state index contributed by atoms with van der Waals surface area (Å²) in [6, 6.07) is 9.47. The van der Waals surface area contributed by atoms with Crippen molar-refractivity contribution in [3.63, 3.8) is 0 Å². The van der Waals surface area contributed by atoms with Gasteiger partial charge in [-0.2, -0.15) is 0 Å². The number of carboxylic acid groups (broad SMARTS) is 1. The predicted octanol–water partition coefficient (Wildman–Crippen LogP) is 2.06. The van der Waals surface area contributed by atoms with Crippen LogP contribution in [0.3, 0.4) is 0 Å². The average Bonchev–Trinajstić information content (AvgIpc) is 2.48. The molecule has 1 N–H and O–H groups in total. The zero-order valence-electron chi connectivity index (χ0n) is 12.0. The van der Waals surface area contributed by atoms with Gasteiger partial charge in [0.2, 0.25) is 5.91 Å². The maximum absolute atomic E-state index is 12.2. The predicted molar refractivity (Wildman–Crippen MR) is 77.7 cm³/mol.